The Hall–Kier alpha value is -0.680. The predicted octanol–water partition coefficient (Wildman–Crippen LogP) is -0.954. The zero-order valence-corrected chi connectivity index (χ0v) is 14.5. The number of carbonyl (C=O) groups excluding carboxylic acids is 1. The molecule has 0 saturated carbocycles. The molecular formula is C15H26O8S. The Kier molecular flexibility index (Phi) is 9.82. The van der Waals surface area contributed by atoms with Gasteiger partial charge >= 0.3 is 5.97 Å². The van der Waals surface area contributed by atoms with E-state index in [1.54, 1.807) is 18.7 Å². The molecule has 24 heavy (non-hydrogen) atoms. The van der Waals surface area contributed by atoms with E-state index in [-0.39, 0.29) is 6.61 Å². The number of ether oxygens (including phenoxy) is 3. The molecule has 1 heterocycles. The summed E-state index contributed by atoms with van der Waals surface area (Å²) in [5.74, 6) is 1.00. The summed E-state index contributed by atoms with van der Waals surface area (Å²) < 4.78 is 15.5. The van der Waals surface area contributed by atoms with Crippen LogP contribution in [0.2, 0.25) is 0 Å². The lowest BCUT2D eigenvalue weighted by molar-refractivity contribution is -0.300. The highest BCUT2D eigenvalue weighted by Gasteiger charge is 2.43. The quantitative estimate of drug-likeness (QED) is 0.220. The first-order chi connectivity index (χ1) is 11.4. The highest BCUT2D eigenvalue weighted by Crippen LogP contribution is 2.22. The van der Waals surface area contributed by atoms with Crippen LogP contribution in [0.3, 0.4) is 0 Å². The number of aliphatic hydroxyl groups is 4. The second kappa shape index (κ2) is 11.0. The Morgan fingerprint density at radius 3 is 2.50 bits per heavy atom. The zero-order valence-electron chi connectivity index (χ0n) is 13.7. The van der Waals surface area contributed by atoms with Crippen LogP contribution in [0.1, 0.15) is 13.3 Å². The smallest absolute Gasteiger partial charge is 0.333 e. The summed E-state index contributed by atoms with van der Waals surface area (Å²) in [5, 5.41) is 38.1. The molecule has 5 atom stereocenters. The Morgan fingerprint density at radius 1 is 1.17 bits per heavy atom. The van der Waals surface area contributed by atoms with Gasteiger partial charge in [-0.3, -0.25) is 0 Å². The molecule has 1 rings (SSSR count). The van der Waals surface area contributed by atoms with E-state index >= 15 is 0 Å². The van der Waals surface area contributed by atoms with Crippen LogP contribution in [-0.2, 0) is 19.0 Å². The van der Waals surface area contributed by atoms with E-state index in [2.05, 4.69) is 6.58 Å². The third kappa shape index (κ3) is 6.67. The maximum atomic E-state index is 11.1. The van der Waals surface area contributed by atoms with Gasteiger partial charge in [0, 0.05) is 11.3 Å². The summed E-state index contributed by atoms with van der Waals surface area (Å²) in [5.41, 5.74) is 0.368. The largest absolute Gasteiger partial charge is 0.461 e. The SMILES string of the molecule is C=C(C)C(=O)OCCSCCCO[C@@H]1O[C@H](CO)[C@H](O)[C@H](O)[C@H]1O. The molecule has 140 valence electrons. The van der Waals surface area contributed by atoms with Crippen molar-refractivity contribution in [3.05, 3.63) is 12.2 Å². The van der Waals surface area contributed by atoms with Crippen molar-refractivity contribution >= 4 is 17.7 Å². The van der Waals surface area contributed by atoms with E-state index in [1.165, 1.54) is 0 Å². The van der Waals surface area contributed by atoms with Gasteiger partial charge in [0.2, 0.25) is 0 Å². The second-order valence-corrected chi connectivity index (χ2v) is 6.67. The van der Waals surface area contributed by atoms with Crippen molar-refractivity contribution in [2.45, 2.75) is 44.1 Å². The molecule has 0 bridgehead atoms. The Balaban J connectivity index is 2.12. The van der Waals surface area contributed by atoms with Gasteiger partial charge < -0.3 is 34.6 Å². The minimum Gasteiger partial charge on any atom is -0.461 e. The van der Waals surface area contributed by atoms with Crippen LogP contribution in [0, 0.1) is 0 Å². The zero-order chi connectivity index (χ0) is 18.1. The average molecular weight is 366 g/mol. The minimum atomic E-state index is -1.43. The molecular weight excluding hydrogens is 340 g/mol. The van der Waals surface area contributed by atoms with E-state index in [0.29, 0.717) is 24.4 Å². The van der Waals surface area contributed by atoms with Gasteiger partial charge in [-0.25, -0.2) is 4.79 Å². The number of hydrogen-bond acceptors (Lipinski definition) is 9. The van der Waals surface area contributed by atoms with Crippen molar-refractivity contribution in [1.82, 2.24) is 0 Å². The van der Waals surface area contributed by atoms with Gasteiger partial charge in [-0.2, -0.15) is 11.8 Å². The van der Waals surface area contributed by atoms with E-state index in [0.717, 1.165) is 5.75 Å². The first-order valence-corrected chi connectivity index (χ1v) is 8.86. The molecule has 1 aliphatic rings. The Labute approximate surface area is 145 Å². The van der Waals surface area contributed by atoms with Gasteiger partial charge in [-0.1, -0.05) is 6.58 Å². The van der Waals surface area contributed by atoms with Crippen molar-refractivity contribution in [2.24, 2.45) is 0 Å². The van der Waals surface area contributed by atoms with E-state index in [4.69, 9.17) is 19.3 Å². The molecule has 4 N–H and O–H groups in total. The first kappa shape index (κ1) is 21.4. The maximum absolute atomic E-state index is 11.1. The van der Waals surface area contributed by atoms with Crippen molar-refractivity contribution in [3.8, 4) is 0 Å². The number of esters is 1. The van der Waals surface area contributed by atoms with Crippen molar-refractivity contribution < 1.29 is 39.4 Å². The highest BCUT2D eigenvalue weighted by atomic mass is 32.2. The van der Waals surface area contributed by atoms with E-state index < -0.39 is 43.3 Å². The second-order valence-electron chi connectivity index (χ2n) is 5.45. The van der Waals surface area contributed by atoms with Gasteiger partial charge in [0.25, 0.3) is 0 Å². The molecule has 0 unspecified atom stereocenters. The van der Waals surface area contributed by atoms with Crippen molar-refractivity contribution in [1.29, 1.82) is 0 Å². The van der Waals surface area contributed by atoms with Gasteiger partial charge in [-0.15, -0.1) is 0 Å². The lowest BCUT2D eigenvalue weighted by Gasteiger charge is -2.39. The molecule has 0 amide bonds. The number of aliphatic hydroxyl groups excluding tert-OH is 4. The van der Waals surface area contributed by atoms with Crippen molar-refractivity contribution in [2.75, 3.05) is 31.3 Å². The normalized spacial score (nSPS) is 30.1. The Morgan fingerprint density at radius 2 is 1.88 bits per heavy atom. The summed E-state index contributed by atoms with van der Waals surface area (Å²) >= 11 is 1.58. The number of thioether (sulfide) groups is 1. The average Bonchev–Trinajstić information content (AvgIpc) is 2.56. The molecule has 0 aliphatic carbocycles. The molecule has 0 spiro atoms. The first-order valence-electron chi connectivity index (χ1n) is 7.71. The predicted molar refractivity (Wildman–Crippen MR) is 87.4 cm³/mol. The van der Waals surface area contributed by atoms with E-state index in [1.807, 2.05) is 0 Å². The van der Waals surface area contributed by atoms with Crippen LogP contribution in [0.15, 0.2) is 12.2 Å². The molecule has 1 aliphatic heterocycles. The maximum Gasteiger partial charge on any atom is 0.333 e. The van der Waals surface area contributed by atoms with Gasteiger partial charge in [0.1, 0.15) is 31.0 Å². The summed E-state index contributed by atoms with van der Waals surface area (Å²) in [7, 11) is 0. The molecule has 1 saturated heterocycles. The fourth-order valence-corrected chi connectivity index (χ4v) is 2.71. The Bertz CT molecular complexity index is 403. The van der Waals surface area contributed by atoms with Crippen LogP contribution in [0.5, 0.6) is 0 Å². The van der Waals surface area contributed by atoms with Crippen molar-refractivity contribution in [3.63, 3.8) is 0 Å². The molecule has 0 radical (unpaired) electrons. The third-order valence-electron chi connectivity index (χ3n) is 3.37. The number of rotatable bonds is 10. The van der Waals surface area contributed by atoms with Crippen LogP contribution in [0.25, 0.3) is 0 Å². The van der Waals surface area contributed by atoms with Crippen LogP contribution >= 0.6 is 11.8 Å². The summed E-state index contributed by atoms with van der Waals surface area (Å²) in [6.45, 7) is 5.18. The monoisotopic (exact) mass is 366 g/mol. The standard InChI is InChI=1S/C15H26O8S/c1-9(2)14(20)21-5-7-24-6-3-4-22-15-13(19)12(18)11(17)10(8-16)23-15/h10-13,15-19H,1,3-8H2,2H3/t10-,11+,12+,13-,15-/m1/s1. The molecule has 8 nitrogen and oxygen atoms in total. The minimum absolute atomic E-state index is 0.279. The fourth-order valence-electron chi connectivity index (χ4n) is 1.98. The summed E-state index contributed by atoms with van der Waals surface area (Å²) in [6.07, 6.45) is -5.60. The third-order valence-corrected chi connectivity index (χ3v) is 4.41. The topological polar surface area (TPSA) is 126 Å². The number of hydrogen-bond donors (Lipinski definition) is 4. The van der Waals surface area contributed by atoms with Gasteiger partial charge in [0.05, 0.1) is 13.2 Å². The molecule has 0 aromatic carbocycles. The molecule has 0 aromatic heterocycles. The fraction of sp³-hybridized carbons (Fsp3) is 0.800. The summed E-state index contributed by atoms with van der Waals surface area (Å²) in [4.78, 5) is 11.1. The van der Waals surface area contributed by atoms with Gasteiger partial charge in [-0.05, 0) is 19.1 Å². The molecule has 1 fully saturated rings. The summed E-state index contributed by atoms with van der Waals surface area (Å²) in [6, 6.07) is 0. The van der Waals surface area contributed by atoms with Crippen LogP contribution in [0.4, 0.5) is 0 Å². The number of carbonyl (C=O) groups is 1. The molecule has 9 heteroatoms. The van der Waals surface area contributed by atoms with E-state index in [9.17, 15) is 20.1 Å². The lowest BCUT2D eigenvalue weighted by Crippen LogP contribution is -2.59. The van der Waals surface area contributed by atoms with Crippen LogP contribution in [-0.4, -0.2) is 88.4 Å². The van der Waals surface area contributed by atoms with Crippen LogP contribution < -0.4 is 0 Å². The lowest BCUT2D eigenvalue weighted by atomic mass is 9.99. The molecule has 0 aromatic rings. The van der Waals surface area contributed by atoms with Gasteiger partial charge in [0.15, 0.2) is 6.29 Å². The highest BCUT2D eigenvalue weighted by molar-refractivity contribution is 7.99.